The van der Waals surface area contributed by atoms with Gasteiger partial charge in [0.15, 0.2) is 0 Å². The van der Waals surface area contributed by atoms with E-state index in [1.54, 1.807) is 11.3 Å². The van der Waals surface area contributed by atoms with Crippen LogP contribution in [0.3, 0.4) is 0 Å². The summed E-state index contributed by atoms with van der Waals surface area (Å²) >= 11 is 7.54. The lowest BCUT2D eigenvalue weighted by Crippen LogP contribution is -2.35. The van der Waals surface area contributed by atoms with Crippen molar-refractivity contribution in [3.8, 4) is 0 Å². The van der Waals surface area contributed by atoms with Crippen molar-refractivity contribution in [2.24, 2.45) is 5.92 Å². The van der Waals surface area contributed by atoms with Crippen LogP contribution in [0, 0.1) is 5.92 Å². The molecular formula is C16H27ClN2S. The van der Waals surface area contributed by atoms with Gasteiger partial charge in [-0.2, -0.15) is 0 Å². The van der Waals surface area contributed by atoms with Crippen molar-refractivity contribution in [3.63, 3.8) is 0 Å². The van der Waals surface area contributed by atoms with Crippen LogP contribution in [-0.4, -0.2) is 29.5 Å². The Hall–Kier alpha value is -0.120. The number of hydrogen-bond acceptors (Lipinski definition) is 3. The maximum Gasteiger partial charge on any atom is 0.0929 e. The van der Waals surface area contributed by atoms with E-state index >= 15 is 0 Å². The van der Waals surface area contributed by atoms with E-state index < -0.39 is 0 Å². The Morgan fingerprint density at radius 2 is 2.10 bits per heavy atom. The van der Waals surface area contributed by atoms with Crippen LogP contribution in [0.5, 0.6) is 0 Å². The smallest absolute Gasteiger partial charge is 0.0929 e. The second-order valence-electron chi connectivity index (χ2n) is 6.03. The first-order chi connectivity index (χ1) is 9.72. The highest BCUT2D eigenvalue weighted by molar-refractivity contribution is 7.09. The first-order valence-electron chi connectivity index (χ1n) is 7.92. The number of nitrogens with zero attached hydrogens (tertiary/aromatic N) is 2. The highest BCUT2D eigenvalue weighted by atomic mass is 35.5. The van der Waals surface area contributed by atoms with Gasteiger partial charge in [0.05, 0.1) is 16.6 Å². The molecule has 0 atom stereocenters. The number of aromatic nitrogens is 1. The summed E-state index contributed by atoms with van der Waals surface area (Å²) in [6.07, 6.45) is 9.30. The van der Waals surface area contributed by atoms with Crippen molar-refractivity contribution in [2.45, 2.75) is 63.8 Å². The van der Waals surface area contributed by atoms with Crippen LogP contribution in [0.25, 0.3) is 0 Å². The molecule has 0 aliphatic heterocycles. The van der Waals surface area contributed by atoms with Crippen LogP contribution in [0.4, 0.5) is 0 Å². The van der Waals surface area contributed by atoms with Gasteiger partial charge in [-0.25, -0.2) is 4.98 Å². The molecule has 4 heteroatoms. The van der Waals surface area contributed by atoms with Crippen LogP contribution in [0.15, 0.2) is 5.38 Å². The Bertz CT molecular complexity index is 386. The number of hydrogen-bond donors (Lipinski definition) is 0. The van der Waals surface area contributed by atoms with Gasteiger partial charge in [0.2, 0.25) is 0 Å². The van der Waals surface area contributed by atoms with E-state index in [1.807, 2.05) is 0 Å². The molecule has 0 radical (unpaired) electrons. The molecule has 0 amide bonds. The first kappa shape index (κ1) is 16.3. The molecule has 1 aliphatic rings. The van der Waals surface area contributed by atoms with Gasteiger partial charge in [-0.1, -0.05) is 13.3 Å². The molecule has 1 aromatic rings. The molecule has 20 heavy (non-hydrogen) atoms. The molecule has 0 unspecified atom stereocenters. The first-order valence-corrected chi connectivity index (χ1v) is 9.33. The fraction of sp³-hybridized carbons (Fsp3) is 0.812. The largest absolute Gasteiger partial charge is 0.303 e. The number of alkyl halides is 1. The summed E-state index contributed by atoms with van der Waals surface area (Å²) in [6.45, 7) is 3.52. The lowest BCUT2D eigenvalue weighted by atomic mass is 9.84. The third-order valence-electron chi connectivity index (χ3n) is 4.65. The summed E-state index contributed by atoms with van der Waals surface area (Å²) in [6, 6.07) is 0.812. The van der Waals surface area contributed by atoms with E-state index in [1.165, 1.54) is 50.1 Å². The number of thiazole rings is 1. The van der Waals surface area contributed by atoms with Gasteiger partial charge in [-0.15, -0.1) is 22.9 Å². The van der Waals surface area contributed by atoms with Gasteiger partial charge in [0.25, 0.3) is 0 Å². The molecule has 114 valence electrons. The quantitative estimate of drug-likeness (QED) is 0.677. The zero-order valence-electron chi connectivity index (χ0n) is 12.8. The molecule has 1 heterocycles. The Balaban J connectivity index is 1.66. The van der Waals surface area contributed by atoms with E-state index in [-0.39, 0.29) is 0 Å². The van der Waals surface area contributed by atoms with Crippen molar-refractivity contribution < 1.29 is 0 Å². The molecular weight excluding hydrogens is 288 g/mol. The molecule has 1 aromatic heterocycles. The fourth-order valence-electron chi connectivity index (χ4n) is 3.18. The maximum atomic E-state index is 5.79. The average Bonchev–Trinajstić information content (AvgIpc) is 2.95. The van der Waals surface area contributed by atoms with Gasteiger partial charge in [-0.05, 0) is 51.6 Å². The fourth-order valence-corrected chi connectivity index (χ4v) is 4.25. The summed E-state index contributed by atoms with van der Waals surface area (Å²) in [5.74, 6) is 1.53. The molecule has 0 saturated heterocycles. The minimum atomic E-state index is 0.539. The number of rotatable bonds is 7. The predicted molar refractivity (Wildman–Crippen MR) is 88.7 cm³/mol. The van der Waals surface area contributed by atoms with Crippen molar-refractivity contribution in [3.05, 3.63) is 16.1 Å². The van der Waals surface area contributed by atoms with Crippen LogP contribution in [-0.2, 0) is 12.3 Å². The predicted octanol–water partition coefficient (Wildman–Crippen LogP) is 4.72. The van der Waals surface area contributed by atoms with E-state index in [4.69, 9.17) is 11.6 Å². The van der Waals surface area contributed by atoms with Crippen LogP contribution >= 0.6 is 22.9 Å². The molecule has 2 nitrogen and oxygen atoms in total. The highest BCUT2D eigenvalue weighted by Crippen LogP contribution is 2.29. The number of aryl methyl sites for hydroxylation is 1. The van der Waals surface area contributed by atoms with E-state index in [9.17, 15) is 0 Å². The molecule has 0 N–H and O–H groups in total. The van der Waals surface area contributed by atoms with Gasteiger partial charge in [0.1, 0.15) is 0 Å². The summed E-state index contributed by atoms with van der Waals surface area (Å²) in [4.78, 5) is 7.10. The zero-order chi connectivity index (χ0) is 14.4. The number of halogens is 1. The van der Waals surface area contributed by atoms with Crippen molar-refractivity contribution >= 4 is 22.9 Å². The molecule has 0 bridgehead atoms. The highest BCUT2D eigenvalue weighted by Gasteiger charge is 2.22. The summed E-state index contributed by atoms with van der Waals surface area (Å²) in [7, 11) is 2.29. The van der Waals surface area contributed by atoms with Crippen LogP contribution in [0.2, 0.25) is 0 Å². The van der Waals surface area contributed by atoms with Gasteiger partial charge < -0.3 is 4.90 Å². The SMILES string of the molecule is CCC1CCC(N(C)CCCc2nc(CCl)cs2)CC1. The summed E-state index contributed by atoms with van der Waals surface area (Å²) in [5.41, 5.74) is 1.03. The summed E-state index contributed by atoms with van der Waals surface area (Å²) < 4.78 is 0. The van der Waals surface area contributed by atoms with Crippen molar-refractivity contribution in [1.29, 1.82) is 0 Å². The Morgan fingerprint density at radius 3 is 2.70 bits per heavy atom. The minimum Gasteiger partial charge on any atom is -0.303 e. The van der Waals surface area contributed by atoms with Gasteiger partial charge in [0, 0.05) is 17.8 Å². The standard InChI is InChI=1S/C16H27ClN2S/c1-3-13-6-8-15(9-7-13)19(2)10-4-5-16-18-14(11-17)12-20-16/h12-13,15H,3-11H2,1-2H3. The molecule has 2 rings (SSSR count). The lowest BCUT2D eigenvalue weighted by molar-refractivity contribution is 0.162. The van der Waals surface area contributed by atoms with E-state index in [0.717, 1.165) is 24.1 Å². The molecule has 1 fully saturated rings. The summed E-state index contributed by atoms with van der Waals surface area (Å²) in [5, 5.41) is 3.32. The topological polar surface area (TPSA) is 16.1 Å². The Morgan fingerprint density at radius 1 is 1.35 bits per heavy atom. The second-order valence-corrected chi connectivity index (χ2v) is 7.24. The zero-order valence-corrected chi connectivity index (χ0v) is 14.3. The Kier molecular flexibility index (Phi) is 6.79. The molecule has 0 spiro atoms. The maximum absolute atomic E-state index is 5.79. The van der Waals surface area contributed by atoms with Crippen molar-refractivity contribution in [2.75, 3.05) is 13.6 Å². The van der Waals surface area contributed by atoms with Gasteiger partial charge >= 0.3 is 0 Å². The molecule has 1 aliphatic carbocycles. The Labute approximate surface area is 132 Å². The second kappa shape index (κ2) is 8.35. The monoisotopic (exact) mass is 314 g/mol. The van der Waals surface area contributed by atoms with Gasteiger partial charge in [-0.3, -0.25) is 0 Å². The normalized spacial score (nSPS) is 23.4. The van der Waals surface area contributed by atoms with Crippen molar-refractivity contribution in [1.82, 2.24) is 9.88 Å². The molecule has 1 saturated carbocycles. The molecule has 0 aromatic carbocycles. The lowest BCUT2D eigenvalue weighted by Gasteiger charge is -2.34. The van der Waals surface area contributed by atoms with Crippen LogP contribution in [0.1, 0.15) is 56.2 Å². The van der Waals surface area contributed by atoms with Crippen LogP contribution < -0.4 is 0 Å². The average molecular weight is 315 g/mol. The third kappa shape index (κ3) is 4.71. The third-order valence-corrected chi connectivity index (χ3v) is 5.89. The minimum absolute atomic E-state index is 0.539. The van der Waals surface area contributed by atoms with E-state index in [2.05, 4.69) is 29.2 Å². The van der Waals surface area contributed by atoms with E-state index in [0.29, 0.717) is 5.88 Å².